The van der Waals surface area contributed by atoms with Crippen LogP contribution < -0.4 is 10.6 Å². The molecule has 1 aromatic carbocycles. The van der Waals surface area contributed by atoms with Crippen molar-refractivity contribution >= 4 is 17.3 Å². The van der Waals surface area contributed by atoms with Gasteiger partial charge in [0.25, 0.3) is 5.91 Å². The first-order chi connectivity index (χ1) is 9.24. The summed E-state index contributed by atoms with van der Waals surface area (Å²) in [5.41, 5.74) is 2.93. The highest BCUT2D eigenvalue weighted by molar-refractivity contribution is 5.96. The number of amides is 1. The fourth-order valence-corrected chi connectivity index (χ4v) is 2.93. The van der Waals surface area contributed by atoms with Crippen LogP contribution in [-0.4, -0.2) is 37.0 Å². The number of piperidine rings is 1. The number of carbonyl (C=O) groups excluding carboxylic acids is 1. The van der Waals surface area contributed by atoms with Crippen LogP contribution in [-0.2, 0) is 0 Å². The quantitative estimate of drug-likeness (QED) is 0.814. The number of hydrogen-bond acceptors (Lipinski definition) is 3. The Labute approximate surface area is 114 Å². The van der Waals surface area contributed by atoms with Crippen molar-refractivity contribution in [3.8, 4) is 0 Å². The summed E-state index contributed by atoms with van der Waals surface area (Å²) < 4.78 is 0. The monoisotopic (exact) mass is 259 g/mol. The molecule has 4 nitrogen and oxygen atoms in total. The number of anilines is 2. The van der Waals surface area contributed by atoms with Crippen LogP contribution in [0.15, 0.2) is 18.2 Å². The van der Waals surface area contributed by atoms with Crippen LogP contribution in [0.1, 0.15) is 30.1 Å². The van der Waals surface area contributed by atoms with E-state index in [0.29, 0.717) is 5.92 Å². The Hall–Kier alpha value is -1.71. The van der Waals surface area contributed by atoms with Gasteiger partial charge in [-0.1, -0.05) is 6.92 Å². The molecule has 2 aliphatic rings. The number of rotatable bonds is 1. The number of nitrogens with zero attached hydrogens (tertiary/aromatic N) is 1. The molecule has 1 unspecified atom stereocenters. The highest BCUT2D eigenvalue weighted by Gasteiger charge is 2.22. The van der Waals surface area contributed by atoms with E-state index in [0.717, 1.165) is 49.5 Å². The Morgan fingerprint density at radius 1 is 1.26 bits per heavy atom. The van der Waals surface area contributed by atoms with Gasteiger partial charge in [-0.2, -0.15) is 0 Å². The van der Waals surface area contributed by atoms with E-state index in [-0.39, 0.29) is 5.91 Å². The second kappa shape index (κ2) is 5.11. The second-order valence-electron chi connectivity index (χ2n) is 5.61. The van der Waals surface area contributed by atoms with E-state index in [4.69, 9.17) is 0 Å². The van der Waals surface area contributed by atoms with Crippen molar-refractivity contribution in [3.05, 3.63) is 23.8 Å². The Morgan fingerprint density at radius 2 is 2.05 bits per heavy atom. The van der Waals surface area contributed by atoms with Crippen LogP contribution in [0.3, 0.4) is 0 Å². The summed E-state index contributed by atoms with van der Waals surface area (Å²) in [4.78, 5) is 14.5. The van der Waals surface area contributed by atoms with Crippen LogP contribution in [0, 0.1) is 5.92 Å². The summed E-state index contributed by atoms with van der Waals surface area (Å²) in [6.45, 7) is 5.85. The molecule has 102 valence electrons. The maximum absolute atomic E-state index is 12.5. The van der Waals surface area contributed by atoms with Gasteiger partial charge >= 0.3 is 0 Å². The minimum absolute atomic E-state index is 0.168. The first kappa shape index (κ1) is 12.3. The lowest BCUT2D eigenvalue weighted by atomic mass is 9.99. The zero-order chi connectivity index (χ0) is 13.2. The summed E-state index contributed by atoms with van der Waals surface area (Å²) in [5.74, 6) is 0.789. The van der Waals surface area contributed by atoms with Crippen molar-refractivity contribution in [1.29, 1.82) is 0 Å². The fourth-order valence-electron chi connectivity index (χ4n) is 2.93. The summed E-state index contributed by atoms with van der Waals surface area (Å²) in [5, 5.41) is 6.66. The summed E-state index contributed by atoms with van der Waals surface area (Å²) in [6.07, 6.45) is 2.36. The smallest absolute Gasteiger partial charge is 0.253 e. The number of carbonyl (C=O) groups is 1. The number of hydrogen-bond donors (Lipinski definition) is 2. The zero-order valence-electron chi connectivity index (χ0n) is 11.4. The van der Waals surface area contributed by atoms with Gasteiger partial charge in [-0.05, 0) is 37.0 Å². The van der Waals surface area contributed by atoms with Crippen LogP contribution in [0.5, 0.6) is 0 Å². The molecule has 0 aromatic heterocycles. The second-order valence-corrected chi connectivity index (χ2v) is 5.61. The number of benzene rings is 1. The Bertz CT molecular complexity index is 486. The van der Waals surface area contributed by atoms with Crippen LogP contribution in [0.2, 0.25) is 0 Å². The van der Waals surface area contributed by atoms with E-state index in [9.17, 15) is 4.79 Å². The third-order valence-electron chi connectivity index (χ3n) is 3.97. The highest BCUT2D eigenvalue weighted by atomic mass is 16.2. The van der Waals surface area contributed by atoms with Crippen molar-refractivity contribution in [2.45, 2.75) is 19.8 Å². The van der Waals surface area contributed by atoms with Crippen LogP contribution >= 0.6 is 0 Å². The third-order valence-corrected chi connectivity index (χ3v) is 3.97. The lowest BCUT2D eigenvalue weighted by Gasteiger charge is -2.31. The van der Waals surface area contributed by atoms with E-state index in [2.05, 4.69) is 17.6 Å². The van der Waals surface area contributed by atoms with E-state index in [1.165, 1.54) is 6.42 Å². The van der Waals surface area contributed by atoms with Gasteiger partial charge in [0.1, 0.15) is 0 Å². The number of fused-ring (bicyclic) bond motifs is 1. The maximum atomic E-state index is 12.5. The van der Waals surface area contributed by atoms with Crippen LogP contribution in [0.25, 0.3) is 0 Å². The minimum atomic E-state index is 0.168. The highest BCUT2D eigenvalue weighted by Crippen LogP contribution is 2.26. The molecular weight excluding hydrogens is 238 g/mol. The normalized spacial score (nSPS) is 22.2. The molecule has 1 amide bonds. The first-order valence-electron chi connectivity index (χ1n) is 7.15. The molecule has 0 aliphatic carbocycles. The molecule has 1 saturated heterocycles. The molecule has 1 fully saturated rings. The van der Waals surface area contributed by atoms with E-state index in [1.807, 2.05) is 23.1 Å². The Balaban J connectivity index is 1.79. The van der Waals surface area contributed by atoms with Gasteiger partial charge in [0.05, 0.1) is 11.4 Å². The van der Waals surface area contributed by atoms with Gasteiger partial charge in [0, 0.05) is 31.7 Å². The molecular formula is C15H21N3O. The molecule has 0 spiro atoms. The number of nitrogens with one attached hydrogen (secondary N) is 2. The molecule has 2 aliphatic heterocycles. The van der Waals surface area contributed by atoms with Crippen molar-refractivity contribution in [2.24, 2.45) is 5.92 Å². The first-order valence-corrected chi connectivity index (χ1v) is 7.15. The van der Waals surface area contributed by atoms with Crippen molar-refractivity contribution < 1.29 is 4.79 Å². The van der Waals surface area contributed by atoms with Gasteiger partial charge in [0.15, 0.2) is 0 Å². The molecule has 0 saturated carbocycles. The zero-order valence-corrected chi connectivity index (χ0v) is 11.4. The average molecular weight is 259 g/mol. The van der Waals surface area contributed by atoms with Gasteiger partial charge in [0.2, 0.25) is 0 Å². The molecule has 4 heteroatoms. The van der Waals surface area contributed by atoms with Crippen molar-refractivity contribution in [3.63, 3.8) is 0 Å². The molecule has 1 atom stereocenters. The minimum Gasteiger partial charge on any atom is -0.382 e. The molecule has 2 N–H and O–H groups in total. The molecule has 19 heavy (non-hydrogen) atoms. The van der Waals surface area contributed by atoms with E-state index < -0.39 is 0 Å². The molecule has 0 bridgehead atoms. The van der Waals surface area contributed by atoms with Crippen molar-refractivity contribution in [1.82, 2.24) is 4.90 Å². The lowest BCUT2D eigenvalue weighted by molar-refractivity contribution is 0.0683. The van der Waals surface area contributed by atoms with E-state index >= 15 is 0 Å². The molecule has 1 aromatic rings. The predicted octanol–water partition coefficient (Wildman–Crippen LogP) is 2.40. The van der Waals surface area contributed by atoms with Gasteiger partial charge in [-0.25, -0.2) is 0 Å². The Morgan fingerprint density at radius 3 is 2.84 bits per heavy atom. The van der Waals surface area contributed by atoms with Gasteiger partial charge in [-0.3, -0.25) is 4.79 Å². The number of likely N-dealkylation sites (tertiary alicyclic amines) is 1. The third kappa shape index (κ3) is 2.53. The van der Waals surface area contributed by atoms with Crippen molar-refractivity contribution in [2.75, 3.05) is 36.8 Å². The summed E-state index contributed by atoms with van der Waals surface area (Å²) in [6, 6.07) is 5.91. The Kier molecular flexibility index (Phi) is 3.32. The average Bonchev–Trinajstić information content (AvgIpc) is 2.46. The molecule has 2 heterocycles. The van der Waals surface area contributed by atoms with Gasteiger partial charge < -0.3 is 15.5 Å². The van der Waals surface area contributed by atoms with E-state index in [1.54, 1.807) is 0 Å². The van der Waals surface area contributed by atoms with Crippen LogP contribution in [0.4, 0.5) is 11.4 Å². The fraction of sp³-hybridized carbons (Fsp3) is 0.533. The standard InChI is InChI=1S/C15H21N3O/c1-11-3-2-8-18(10-11)15(19)12-4-5-13-14(9-12)17-7-6-16-13/h4-5,9,11,16-17H,2-3,6-8,10H2,1H3. The predicted molar refractivity (Wildman–Crippen MR) is 77.7 cm³/mol. The molecule has 3 rings (SSSR count). The summed E-state index contributed by atoms with van der Waals surface area (Å²) >= 11 is 0. The lowest BCUT2D eigenvalue weighted by Crippen LogP contribution is -2.39. The summed E-state index contributed by atoms with van der Waals surface area (Å²) in [7, 11) is 0. The SMILES string of the molecule is CC1CCCN(C(=O)c2ccc3c(c2)NCCN3)C1. The largest absolute Gasteiger partial charge is 0.382 e. The maximum Gasteiger partial charge on any atom is 0.253 e. The molecule has 0 radical (unpaired) electrons. The topological polar surface area (TPSA) is 44.4 Å². The van der Waals surface area contributed by atoms with Gasteiger partial charge in [-0.15, -0.1) is 0 Å².